The molecular weight excluding hydrogens is 576 g/mol. The molecule has 0 saturated carbocycles. The lowest BCUT2D eigenvalue weighted by Gasteiger charge is -2.13. The van der Waals surface area contributed by atoms with Crippen LogP contribution in [0.5, 0.6) is 5.75 Å². The van der Waals surface area contributed by atoms with E-state index >= 15 is 0 Å². The molecule has 4 aromatic carbocycles. The summed E-state index contributed by atoms with van der Waals surface area (Å²) < 4.78 is 6.74. The number of hydrogen-bond acceptors (Lipinski definition) is 5. The van der Waals surface area contributed by atoms with Crippen molar-refractivity contribution in [2.75, 3.05) is 11.9 Å². The summed E-state index contributed by atoms with van der Waals surface area (Å²) in [6.45, 7) is 4.00. The molecule has 5 rings (SSSR count). The first-order valence-electron chi connectivity index (χ1n) is 12.3. The van der Waals surface area contributed by atoms with Crippen molar-refractivity contribution in [2.24, 2.45) is 0 Å². The third-order valence-corrected chi connectivity index (χ3v) is 7.95. The van der Waals surface area contributed by atoms with Crippen LogP contribution in [0.3, 0.4) is 0 Å². The van der Waals surface area contributed by atoms with E-state index in [4.69, 9.17) is 4.74 Å². The number of nitrogens with zero attached hydrogens (tertiary/aromatic N) is 1. The van der Waals surface area contributed by atoms with Gasteiger partial charge in [0.15, 0.2) is 0 Å². The highest BCUT2D eigenvalue weighted by Crippen LogP contribution is 2.34. The summed E-state index contributed by atoms with van der Waals surface area (Å²) in [5.41, 5.74) is 4.56. The number of carbonyl (C=O) groups is 3. The molecule has 1 N–H and O–H groups in total. The molecule has 0 bridgehead atoms. The highest BCUT2D eigenvalue weighted by atomic mass is 79.9. The van der Waals surface area contributed by atoms with E-state index in [1.807, 2.05) is 62.4 Å². The van der Waals surface area contributed by atoms with Gasteiger partial charge in [-0.25, -0.2) is 0 Å². The zero-order valence-electron chi connectivity index (χ0n) is 21.4. The topological polar surface area (TPSA) is 75.7 Å². The second-order valence-corrected chi connectivity index (χ2v) is 11.1. The third kappa shape index (κ3) is 6.24. The first-order chi connectivity index (χ1) is 18.8. The predicted molar refractivity (Wildman–Crippen MR) is 160 cm³/mol. The molecule has 8 heteroatoms. The number of hydrogen-bond donors (Lipinski definition) is 1. The summed E-state index contributed by atoms with van der Waals surface area (Å²) in [4.78, 5) is 39.2. The van der Waals surface area contributed by atoms with Crippen LogP contribution >= 0.6 is 27.7 Å². The van der Waals surface area contributed by atoms with Crippen molar-refractivity contribution in [2.45, 2.75) is 20.5 Å². The molecule has 4 aromatic rings. The Bertz CT molecular complexity index is 1650. The molecule has 1 heterocycles. The summed E-state index contributed by atoms with van der Waals surface area (Å²) in [6.07, 6.45) is 1.64. The fraction of sp³-hybridized carbons (Fsp3) is 0.129. The first kappa shape index (κ1) is 26.7. The van der Waals surface area contributed by atoms with Gasteiger partial charge in [-0.3, -0.25) is 19.3 Å². The molecule has 0 spiro atoms. The Hall–Kier alpha value is -3.88. The van der Waals surface area contributed by atoms with Gasteiger partial charge in [0, 0.05) is 5.69 Å². The third-order valence-electron chi connectivity index (χ3n) is 6.43. The fourth-order valence-electron chi connectivity index (χ4n) is 4.16. The number of aryl methyl sites for hydroxylation is 2. The zero-order chi connectivity index (χ0) is 27.5. The minimum atomic E-state index is -0.493. The van der Waals surface area contributed by atoms with E-state index in [1.165, 1.54) is 5.39 Å². The van der Waals surface area contributed by atoms with Gasteiger partial charge >= 0.3 is 0 Å². The van der Waals surface area contributed by atoms with Crippen molar-refractivity contribution in [1.82, 2.24) is 4.90 Å². The maximum atomic E-state index is 12.9. The number of amides is 3. The molecule has 39 heavy (non-hydrogen) atoms. The molecular formula is C31H25BrN2O4S. The van der Waals surface area contributed by atoms with Gasteiger partial charge < -0.3 is 10.1 Å². The quantitative estimate of drug-likeness (QED) is 0.223. The Morgan fingerprint density at radius 1 is 0.949 bits per heavy atom. The molecule has 0 radical (unpaired) electrons. The first-order valence-corrected chi connectivity index (χ1v) is 13.9. The molecule has 1 saturated heterocycles. The summed E-state index contributed by atoms with van der Waals surface area (Å²) in [5.74, 6) is -0.262. The van der Waals surface area contributed by atoms with E-state index in [2.05, 4.69) is 45.5 Å². The van der Waals surface area contributed by atoms with Gasteiger partial charge in [-0.05, 0) is 111 Å². The Morgan fingerprint density at radius 2 is 1.74 bits per heavy atom. The number of fused-ring (bicyclic) bond motifs is 1. The molecule has 3 amide bonds. The van der Waals surface area contributed by atoms with Gasteiger partial charge in [-0.2, -0.15) is 0 Å². The van der Waals surface area contributed by atoms with Crippen molar-refractivity contribution in [3.8, 4) is 5.75 Å². The zero-order valence-corrected chi connectivity index (χ0v) is 23.8. The van der Waals surface area contributed by atoms with Crippen LogP contribution < -0.4 is 10.1 Å². The van der Waals surface area contributed by atoms with Crippen molar-refractivity contribution < 1.29 is 19.1 Å². The van der Waals surface area contributed by atoms with Gasteiger partial charge in [0.25, 0.3) is 11.1 Å². The Balaban J connectivity index is 1.22. The largest absolute Gasteiger partial charge is 0.488 e. The summed E-state index contributed by atoms with van der Waals surface area (Å²) in [6, 6.07) is 25.4. The summed E-state index contributed by atoms with van der Waals surface area (Å²) in [5, 5.41) is 4.61. The van der Waals surface area contributed by atoms with E-state index in [1.54, 1.807) is 12.1 Å². The van der Waals surface area contributed by atoms with E-state index < -0.39 is 17.1 Å². The van der Waals surface area contributed by atoms with E-state index in [0.717, 1.165) is 48.8 Å². The SMILES string of the molecule is Cc1ccc(NC(=O)CN2C(=O)S/C(=C/c3ccc(OCc4ccc5ccccc5c4)c(Br)c3)C2=O)cc1C. The van der Waals surface area contributed by atoms with Crippen LogP contribution in [0.1, 0.15) is 22.3 Å². The van der Waals surface area contributed by atoms with Gasteiger partial charge in [0.2, 0.25) is 5.91 Å². The predicted octanol–water partition coefficient (Wildman–Crippen LogP) is 7.47. The molecule has 1 fully saturated rings. The Labute approximate surface area is 239 Å². The molecule has 0 atom stereocenters. The van der Waals surface area contributed by atoms with E-state index in [9.17, 15) is 14.4 Å². The van der Waals surface area contributed by atoms with E-state index in [-0.39, 0.29) is 11.4 Å². The monoisotopic (exact) mass is 600 g/mol. The standard InChI is InChI=1S/C31H25BrN2O4S/c1-19-7-11-25(13-20(19)2)33-29(35)17-34-30(36)28(39-31(34)37)16-21-9-12-27(26(32)15-21)38-18-22-8-10-23-5-3-4-6-24(23)14-22/h3-16H,17-18H2,1-2H3,(H,33,35)/b28-16+. The van der Waals surface area contributed by atoms with Crippen LogP contribution in [0.2, 0.25) is 0 Å². The van der Waals surface area contributed by atoms with Gasteiger partial charge in [-0.1, -0.05) is 48.5 Å². The molecule has 0 aliphatic carbocycles. The van der Waals surface area contributed by atoms with Crippen molar-refractivity contribution in [3.05, 3.63) is 110 Å². The van der Waals surface area contributed by atoms with Crippen LogP contribution in [-0.4, -0.2) is 28.5 Å². The second kappa shape index (κ2) is 11.5. The lowest BCUT2D eigenvalue weighted by Crippen LogP contribution is -2.36. The maximum absolute atomic E-state index is 12.9. The number of imide groups is 1. The number of rotatable bonds is 7. The summed E-state index contributed by atoms with van der Waals surface area (Å²) >= 11 is 4.37. The van der Waals surface area contributed by atoms with Gasteiger partial charge in [0.05, 0.1) is 9.38 Å². The minimum Gasteiger partial charge on any atom is -0.488 e. The Kier molecular flexibility index (Phi) is 7.86. The molecule has 1 aliphatic heterocycles. The Morgan fingerprint density at radius 3 is 2.51 bits per heavy atom. The molecule has 1 aliphatic rings. The highest BCUT2D eigenvalue weighted by Gasteiger charge is 2.36. The minimum absolute atomic E-state index is 0.260. The highest BCUT2D eigenvalue weighted by molar-refractivity contribution is 9.10. The van der Waals surface area contributed by atoms with Crippen LogP contribution in [0.25, 0.3) is 16.8 Å². The number of benzene rings is 4. The van der Waals surface area contributed by atoms with Crippen molar-refractivity contribution in [3.63, 3.8) is 0 Å². The molecule has 0 aromatic heterocycles. The lowest BCUT2D eigenvalue weighted by atomic mass is 10.1. The average Bonchev–Trinajstić information content (AvgIpc) is 3.17. The van der Waals surface area contributed by atoms with Crippen LogP contribution in [0.15, 0.2) is 88.2 Å². The number of thioether (sulfide) groups is 1. The van der Waals surface area contributed by atoms with Crippen molar-refractivity contribution in [1.29, 1.82) is 0 Å². The van der Waals surface area contributed by atoms with Gasteiger partial charge in [0.1, 0.15) is 18.9 Å². The number of carbonyl (C=O) groups excluding carboxylic acids is 3. The lowest BCUT2D eigenvalue weighted by molar-refractivity contribution is -0.127. The maximum Gasteiger partial charge on any atom is 0.294 e. The molecule has 196 valence electrons. The van der Waals surface area contributed by atoms with Crippen LogP contribution in [-0.2, 0) is 16.2 Å². The molecule has 6 nitrogen and oxygen atoms in total. The normalized spacial score (nSPS) is 14.3. The number of ether oxygens (including phenoxy) is 1. The second-order valence-electron chi connectivity index (χ2n) is 9.28. The number of nitrogens with one attached hydrogen (secondary N) is 1. The van der Waals surface area contributed by atoms with Gasteiger partial charge in [-0.15, -0.1) is 0 Å². The van der Waals surface area contributed by atoms with Crippen LogP contribution in [0, 0.1) is 13.8 Å². The molecule has 0 unspecified atom stereocenters. The number of anilines is 1. The summed E-state index contributed by atoms with van der Waals surface area (Å²) in [7, 11) is 0. The van der Waals surface area contributed by atoms with Crippen LogP contribution in [0.4, 0.5) is 10.5 Å². The average molecular weight is 602 g/mol. The smallest absolute Gasteiger partial charge is 0.294 e. The van der Waals surface area contributed by atoms with Crippen molar-refractivity contribution >= 4 is 67.3 Å². The van der Waals surface area contributed by atoms with E-state index in [0.29, 0.717) is 18.0 Å². The fourth-order valence-corrected chi connectivity index (χ4v) is 5.51. The number of halogens is 1.